The summed E-state index contributed by atoms with van der Waals surface area (Å²) < 4.78 is 0. The monoisotopic (exact) mass is 284 g/mol. The lowest BCUT2D eigenvalue weighted by Crippen LogP contribution is -2.48. The molecule has 0 aliphatic carbocycles. The fourth-order valence-corrected chi connectivity index (χ4v) is 2.85. The van der Waals surface area contributed by atoms with E-state index in [-0.39, 0.29) is 11.9 Å². The number of hydrogen-bond donors (Lipinski definition) is 2. The van der Waals surface area contributed by atoms with Gasteiger partial charge in [0.1, 0.15) is 0 Å². The summed E-state index contributed by atoms with van der Waals surface area (Å²) in [4.78, 5) is 21.8. The third kappa shape index (κ3) is 2.69. The minimum Gasteiger partial charge on any atom is -0.347 e. The average Bonchev–Trinajstić information content (AvgIpc) is 2.92. The van der Waals surface area contributed by atoms with Crippen LogP contribution in [0.15, 0.2) is 24.5 Å². The molecule has 0 radical (unpaired) electrons. The third-order valence-electron chi connectivity index (χ3n) is 3.95. The molecule has 1 aromatic carbocycles. The number of aryl methyl sites for hydroxylation is 2. The second-order valence-corrected chi connectivity index (χ2v) is 5.71. The summed E-state index contributed by atoms with van der Waals surface area (Å²) in [5.74, 6) is 0.0775. The van der Waals surface area contributed by atoms with E-state index in [9.17, 15) is 4.79 Å². The van der Waals surface area contributed by atoms with Crippen LogP contribution in [0.25, 0.3) is 0 Å². The molecule has 21 heavy (non-hydrogen) atoms. The van der Waals surface area contributed by atoms with E-state index in [1.54, 1.807) is 11.2 Å². The molecular formula is C16H20N4O. The maximum atomic E-state index is 12.7. The smallest absolute Gasteiger partial charge is 0.244 e. The van der Waals surface area contributed by atoms with Crippen LogP contribution in [0, 0.1) is 13.8 Å². The number of carbonyl (C=O) groups excluding carboxylic acids is 1. The molecule has 1 atom stereocenters. The highest BCUT2D eigenvalue weighted by atomic mass is 16.2. The number of aromatic amines is 1. The van der Waals surface area contributed by atoms with Gasteiger partial charge in [0.05, 0.1) is 23.8 Å². The zero-order valence-corrected chi connectivity index (χ0v) is 12.6. The fraction of sp³-hybridized carbons (Fsp3) is 0.375. The van der Waals surface area contributed by atoms with Crippen molar-refractivity contribution in [1.82, 2.24) is 15.3 Å². The largest absolute Gasteiger partial charge is 0.347 e. The molecule has 0 spiro atoms. The van der Waals surface area contributed by atoms with E-state index < -0.39 is 0 Å². The zero-order valence-electron chi connectivity index (χ0n) is 12.6. The molecule has 110 valence electrons. The van der Waals surface area contributed by atoms with E-state index in [1.165, 1.54) is 0 Å². The quantitative estimate of drug-likeness (QED) is 0.882. The van der Waals surface area contributed by atoms with Crippen molar-refractivity contribution < 1.29 is 4.79 Å². The van der Waals surface area contributed by atoms with Gasteiger partial charge in [0.25, 0.3) is 0 Å². The van der Waals surface area contributed by atoms with Crippen LogP contribution in [0.1, 0.15) is 22.5 Å². The molecule has 0 fully saturated rings. The molecule has 0 saturated carbocycles. The lowest BCUT2D eigenvalue weighted by atomic mass is 10.0. The Hall–Kier alpha value is -2.14. The Balaban J connectivity index is 1.79. The van der Waals surface area contributed by atoms with Crippen molar-refractivity contribution in [2.24, 2.45) is 0 Å². The number of nitrogens with one attached hydrogen (secondary N) is 2. The SMILES string of the molecule is Cc1cc(C)cc(N(C)C(=O)C2Cc3nc[nH]c3CN2)c1. The predicted octanol–water partition coefficient (Wildman–Crippen LogP) is 1.70. The Kier molecular flexibility index (Phi) is 3.51. The molecule has 3 rings (SSSR count). The molecule has 2 heterocycles. The van der Waals surface area contributed by atoms with Gasteiger partial charge in [-0.2, -0.15) is 0 Å². The molecule has 0 bridgehead atoms. The topological polar surface area (TPSA) is 61.0 Å². The second-order valence-electron chi connectivity index (χ2n) is 5.71. The highest BCUT2D eigenvalue weighted by Crippen LogP contribution is 2.20. The maximum Gasteiger partial charge on any atom is 0.244 e. The summed E-state index contributed by atoms with van der Waals surface area (Å²) in [6.07, 6.45) is 2.32. The van der Waals surface area contributed by atoms with Crippen molar-refractivity contribution in [3.8, 4) is 0 Å². The van der Waals surface area contributed by atoms with Gasteiger partial charge in [0, 0.05) is 25.7 Å². The van der Waals surface area contributed by atoms with E-state index in [2.05, 4.69) is 21.4 Å². The van der Waals surface area contributed by atoms with Crippen molar-refractivity contribution in [2.75, 3.05) is 11.9 Å². The van der Waals surface area contributed by atoms with E-state index in [4.69, 9.17) is 0 Å². The van der Waals surface area contributed by atoms with Gasteiger partial charge in [-0.15, -0.1) is 0 Å². The van der Waals surface area contributed by atoms with Gasteiger partial charge < -0.3 is 9.88 Å². The van der Waals surface area contributed by atoms with Crippen molar-refractivity contribution in [3.05, 3.63) is 47.0 Å². The number of imidazole rings is 1. The third-order valence-corrected chi connectivity index (χ3v) is 3.95. The Morgan fingerprint density at radius 2 is 2.00 bits per heavy atom. The Bertz CT molecular complexity index is 656. The van der Waals surface area contributed by atoms with Crippen molar-refractivity contribution in [2.45, 2.75) is 32.9 Å². The maximum absolute atomic E-state index is 12.7. The Labute approximate surface area is 124 Å². The average molecular weight is 284 g/mol. The Morgan fingerprint density at radius 1 is 1.29 bits per heavy atom. The number of benzene rings is 1. The van der Waals surface area contributed by atoms with E-state index in [0.717, 1.165) is 28.2 Å². The minimum atomic E-state index is -0.216. The summed E-state index contributed by atoms with van der Waals surface area (Å²) >= 11 is 0. The molecule has 5 heteroatoms. The minimum absolute atomic E-state index is 0.0775. The molecule has 1 aliphatic heterocycles. The summed E-state index contributed by atoms with van der Waals surface area (Å²) in [7, 11) is 1.83. The van der Waals surface area contributed by atoms with Crippen LogP contribution in [0.2, 0.25) is 0 Å². The van der Waals surface area contributed by atoms with Crippen LogP contribution >= 0.6 is 0 Å². The summed E-state index contributed by atoms with van der Waals surface area (Å²) in [6.45, 7) is 4.75. The van der Waals surface area contributed by atoms with E-state index in [1.807, 2.05) is 33.0 Å². The molecule has 1 amide bonds. The standard InChI is InChI=1S/C16H20N4O/c1-10-4-11(2)6-12(5-10)20(3)16(21)14-7-13-15(8-17-14)19-9-18-13/h4-6,9,14,17H,7-8H2,1-3H3,(H,18,19). The number of nitrogens with zero attached hydrogens (tertiary/aromatic N) is 2. The molecule has 2 aromatic rings. The summed E-state index contributed by atoms with van der Waals surface area (Å²) in [5, 5.41) is 3.28. The van der Waals surface area contributed by atoms with Gasteiger partial charge in [-0.3, -0.25) is 10.1 Å². The normalized spacial score (nSPS) is 17.4. The number of carbonyl (C=O) groups is 1. The highest BCUT2D eigenvalue weighted by Gasteiger charge is 2.28. The van der Waals surface area contributed by atoms with Crippen LogP contribution < -0.4 is 10.2 Å². The van der Waals surface area contributed by atoms with Crippen LogP contribution in [-0.4, -0.2) is 29.0 Å². The molecule has 5 nitrogen and oxygen atoms in total. The first kappa shape index (κ1) is 13.8. The zero-order chi connectivity index (χ0) is 15.0. The number of rotatable bonds is 2. The van der Waals surface area contributed by atoms with Gasteiger partial charge >= 0.3 is 0 Å². The van der Waals surface area contributed by atoms with E-state index in [0.29, 0.717) is 13.0 Å². The fourth-order valence-electron chi connectivity index (χ4n) is 2.85. The molecular weight excluding hydrogens is 264 g/mol. The van der Waals surface area contributed by atoms with Crippen molar-refractivity contribution in [1.29, 1.82) is 0 Å². The number of aromatic nitrogens is 2. The van der Waals surface area contributed by atoms with Gasteiger partial charge in [-0.05, 0) is 37.1 Å². The second kappa shape index (κ2) is 5.33. The van der Waals surface area contributed by atoms with Crippen LogP contribution in [0.5, 0.6) is 0 Å². The number of hydrogen-bond acceptors (Lipinski definition) is 3. The predicted molar refractivity (Wildman–Crippen MR) is 82.2 cm³/mol. The van der Waals surface area contributed by atoms with Crippen LogP contribution in [-0.2, 0) is 17.8 Å². The van der Waals surface area contributed by atoms with Crippen LogP contribution in [0.3, 0.4) is 0 Å². The first-order chi connectivity index (χ1) is 10.0. The highest BCUT2D eigenvalue weighted by molar-refractivity contribution is 5.97. The van der Waals surface area contributed by atoms with Gasteiger partial charge in [-0.25, -0.2) is 4.98 Å². The first-order valence-electron chi connectivity index (χ1n) is 7.15. The number of fused-ring (bicyclic) bond motifs is 1. The van der Waals surface area contributed by atoms with E-state index >= 15 is 0 Å². The summed E-state index contributed by atoms with van der Waals surface area (Å²) in [5.41, 5.74) is 5.33. The molecule has 1 unspecified atom stereocenters. The summed E-state index contributed by atoms with van der Waals surface area (Å²) in [6, 6.07) is 5.96. The van der Waals surface area contributed by atoms with Crippen molar-refractivity contribution in [3.63, 3.8) is 0 Å². The molecule has 1 aliphatic rings. The van der Waals surface area contributed by atoms with Crippen molar-refractivity contribution >= 4 is 11.6 Å². The molecule has 0 saturated heterocycles. The molecule has 2 N–H and O–H groups in total. The van der Waals surface area contributed by atoms with Gasteiger partial charge in [0.15, 0.2) is 0 Å². The number of H-pyrrole nitrogens is 1. The van der Waals surface area contributed by atoms with Crippen LogP contribution in [0.4, 0.5) is 5.69 Å². The Morgan fingerprint density at radius 3 is 2.71 bits per heavy atom. The number of likely N-dealkylation sites (N-methyl/N-ethyl adjacent to an activating group) is 1. The number of amides is 1. The van der Waals surface area contributed by atoms with Gasteiger partial charge in [0.2, 0.25) is 5.91 Å². The first-order valence-corrected chi connectivity index (χ1v) is 7.15. The lowest BCUT2D eigenvalue weighted by Gasteiger charge is -2.27. The molecule has 1 aromatic heterocycles. The lowest BCUT2D eigenvalue weighted by molar-refractivity contribution is -0.120. The van der Waals surface area contributed by atoms with Gasteiger partial charge in [-0.1, -0.05) is 6.07 Å². The number of anilines is 1.